The number of nitrogens with one attached hydrogen (secondary N) is 1. The van der Waals surface area contributed by atoms with Crippen LogP contribution in [-0.2, 0) is 23.1 Å². The second-order valence-corrected chi connectivity index (χ2v) is 10.1. The highest BCUT2D eigenvalue weighted by atomic mass is 79.9. The van der Waals surface area contributed by atoms with Crippen molar-refractivity contribution in [3.63, 3.8) is 0 Å². The minimum Gasteiger partial charge on any atom is -0.508 e. The van der Waals surface area contributed by atoms with Gasteiger partial charge >= 0.3 is 0 Å². The van der Waals surface area contributed by atoms with Gasteiger partial charge in [-0.05, 0) is 85.5 Å². The molecule has 0 unspecified atom stereocenters. The van der Waals surface area contributed by atoms with E-state index in [1.165, 1.54) is 48.8 Å². The zero-order valence-electron chi connectivity index (χ0n) is 17.9. The van der Waals surface area contributed by atoms with E-state index in [0.717, 1.165) is 31.6 Å². The van der Waals surface area contributed by atoms with Gasteiger partial charge in [-0.25, -0.2) is 0 Å². The lowest BCUT2D eigenvalue weighted by Crippen LogP contribution is -2.61. The van der Waals surface area contributed by atoms with E-state index < -0.39 is 0 Å². The molecule has 3 atom stereocenters. The first-order valence-corrected chi connectivity index (χ1v) is 12.7. The van der Waals surface area contributed by atoms with Crippen LogP contribution in [-0.4, -0.2) is 40.4 Å². The van der Waals surface area contributed by atoms with E-state index in [2.05, 4.69) is 50.4 Å². The number of hydrogen-bond acceptors (Lipinski definition) is 3. The van der Waals surface area contributed by atoms with Crippen LogP contribution >= 0.6 is 15.9 Å². The molecule has 1 aliphatic heterocycles. The number of amides is 1. The zero-order valence-corrected chi connectivity index (χ0v) is 19.5. The van der Waals surface area contributed by atoms with Gasteiger partial charge in [0.1, 0.15) is 5.75 Å². The third kappa shape index (κ3) is 3.91. The monoisotopic (exact) mass is 482 g/mol. The molecule has 0 spiro atoms. The van der Waals surface area contributed by atoms with E-state index >= 15 is 0 Å². The molecule has 1 heterocycles. The Morgan fingerprint density at radius 2 is 2.10 bits per heavy atom. The normalized spacial score (nSPS) is 27.3. The number of anilines is 1. The molecule has 2 aromatic carbocycles. The van der Waals surface area contributed by atoms with Crippen molar-refractivity contribution < 1.29 is 9.90 Å². The molecular weight excluding hydrogens is 452 g/mol. The van der Waals surface area contributed by atoms with Gasteiger partial charge < -0.3 is 10.4 Å². The number of nitrogens with zero attached hydrogens (tertiary/aromatic N) is 1. The molecule has 2 fully saturated rings. The van der Waals surface area contributed by atoms with Gasteiger partial charge in [0, 0.05) is 23.7 Å². The highest BCUT2D eigenvalue weighted by molar-refractivity contribution is 9.09. The van der Waals surface area contributed by atoms with E-state index in [1.54, 1.807) is 0 Å². The van der Waals surface area contributed by atoms with Gasteiger partial charge in [0.2, 0.25) is 5.91 Å². The molecule has 5 heteroatoms. The number of piperidine rings is 1. The lowest BCUT2D eigenvalue weighted by atomic mass is 9.52. The molecule has 3 aliphatic rings. The number of halogens is 1. The fourth-order valence-corrected chi connectivity index (χ4v) is 6.76. The van der Waals surface area contributed by atoms with Crippen LogP contribution in [0.2, 0.25) is 0 Å². The number of alkyl halides is 1. The largest absolute Gasteiger partial charge is 0.508 e. The first-order valence-electron chi connectivity index (χ1n) is 11.6. The van der Waals surface area contributed by atoms with Gasteiger partial charge in [-0.3, -0.25) is 9.69 Å². The summed E-state index contributed by atoms with van der Waals surface area (Å²) in [6, 6.07) is 15.0. The maximum atomic E-state index is 11.7. The van der Waals surface area contributed by atoms with Gasteiger partial charge in [-0.15, -0.1) is 0 Å². The topological polar surface area (TPSA) is 52.6 Å². The molecule has 0 aromatic heterocycles. The summed E-state index contributed by atoms with van der Waals surface area (Å²) in [6.45, 7) is 2.19. The molecule has 2 bridgehead atoms. The quantitative estimate of drug-likeness (QED) is 0.587. The van der Waals surface area contributed by atoms with Gasteiger partial charge in [0.25, 0.3) is 0 Å². The number of benzene rings is 2. The summed E-state index contributed by atoms with van der Waals surface area (Å²) in [5.41, 5.74) is 5.31. The van der Waals surface area contributed by atoms with Crippen molar-refractivity contribution in [3.05, 3.63) is 59.2 Å². The first kappa shape index (κ1) is 21.0. The summed E-state index contributed by atoms with van der Waals surface area (Å²) >= 11 is 3.21. The lowest BCUT2D eigenvalue weighted by molar-refractivity contribution is -0.113. The predicted molar refractivity (Wildman–Crippen MR) is 128 cm³/mol. The fraction of sp³-hybridized carbons (Fsp3) is 0.500. The number of phenolic OH excluding ortho intramolecular Hbond substituents is 1. The number of aromatic hydroxyl groups is 1. The number of hydrogen-bond donors (Lipinski definition) is 2. The Morgan fingerprint density at radius 3 is 2.97 bits per heavy atom. The minimum atomic E-state index is -0.0197. The van der Waals surface area contributed by atoms with E-state index in [-0.39, 0.29) is 11.3 Å². The Hall–Kier alpha value is -1.85. The van der Waals surface area contributed by atoms with E-state index in [0.29, 0.717) is 23.0 Å². The standard InChI is InChI=1S/C26H31BrN2O2/c27-17-25(31)28-20-5-3-4-18(14-20)9-12-29-13-11-26-10-2-1-6-22(26)24(29)15-19-7-8-21(30)16-23(19)26/h3-5,7-8,14,16,22,24,30H,1-2,6,9-13,15,17H2,(H,28,31)/t22-,24+,26+/m0/s1. The molecule has 2 aliphatic carbocycles. The minimum absolute atomic E-state index is 0.0197. The van der Waals surface area contributed by atoms with Crippen molar-refractivity contribution in [2.24, 2.45) is 5.92 Å². The van der Waals surface area contributed by atoms with Crippen molar-refractivity contribution in [2.75, 3.05) is 23.7 Å². The molecule has 2 N–H and O–H groups in total. The molecule has 2 aromatic rings. The first-order chi connectivity index (χ1) is 15.1. The lowest BCUT2D eigenvalue weighted by Gasteiger charge is -2.59. The SMILES string of the molecule is O=C(CBr)Nc1cccc(CCN2CC[C@]34CCCC[C@H]3[C@H]2Cc2ccc(O)cc24)c1. The summed E-state index contributed by atoms with van der Waals surface area (Å²) in [7, 11) is 0. The molecule has 0 radical (unpaired) electrons. The number of rotatable bonds is 5. The third-order valence-corrected chi connectivity index (χ3v) is 8.46. The van der Waals surface area contributed by atoms with Gasteiger partial charge in [0.15, 0.2) is 0 Å². The Morgan fingerprint density at radius 1 is 1.19 bits per heavy atom. The number of fused-ring (bicyclic) bond motifs is 1. The summed E-state index contributed by atoms with van der Waals surface area (Å²) in [6.07, 6.45) is 8.52. The van der Waals surface area contributed by atoms with Crippen LogP contribution in [0.4, 0.5) is 5.69 Å². The number of likely N-dealkylation sites (tertiary alicyclic amines) is 1. The Balaban J connectivity index is 1.35. The van der Waals surface area contributed by atoms with Gasteiger partial charge in [0.05, 0.1) is 5.33 Å². The van der Waals surface area contributed by atoms with Crippen molar-refractivity contribution in [1.82, 2.24) is 4.90 Å². The van der Waals surface area contributed by atoms with Crippen LogP contribution < -0.4 is 5.32 Å². The molecular formula is C26H31BrN2O2. The highest BCUT2D eigenvalue weighted by Gasteiger charge is 2.53. The maximum Gasteiger partial charge on any atom is 0.235 e. The number of carbonyl (C=O) groups is 1. The zero-order chi connectivity index (χ0) is 21.4. The second-order valence-electron chi connectivity index (χ2n) is 9.54. The Labute approximate surface area is 193 Å². The van der Waals surface area contributed by atoms with E-state index in [9.17, 15) is 9.90 Å². The predicted octanol–water partition coefficient (Wildman–Crippen LogP) is 5.03. The molecule has 164 valence electrons. The van der Waals surface area contributed by atoms with Crippen molar-refractivity contribution >= 4 is 27.5 Å². The third-order valence-electron chi connectivity index (χ3n) is 7.96. The van der Waals surface area contributed by atoms with Gasteiger partial charge in [-0.2, -0.15) is 0 Å². The summed E-state index contributed by atoms with van der Waals surface area (Å²) in [5.74, 6) is 1.10. The molecule has 31 heavy (non-hydrogen) atoms. The molecule has 1 amide bonds. The number of carbonyl (C=O) groups excluding carboxylic acids is 1. The fourth-order valence-electron chi connectivity index (χ4n) is 6.62. The highest BCUT2D eigenvalue weighted by Crippen LogP contribution is 2.56. The van der Waals surface area contributed by atoms with Crippen LogP contribution in [0.15, 0.2) is 42.5 Å². The average molecular weight is 483 g/mol. The maximum absolute atomic E-state index is 11.7. The summed E-state index contributed by atoms with van der Waals surface area (Å²) in [4.78, 5) is 14.4. The van der Waals surface area contributed by atoms with Crippen molar-refractivity contribution in [1.29, 1.82) is 0 Å². The van der Waals surface area contributed by atoms with Crippen LogP contribution in [0, 0.1) is 5.92 Å². The van der Waals surface area contributed by atoms with E-state index in [1.807, 2.05) is 18.2 Å². The Bertz CT molecular complexity index is 978. The smallest absolute Gasteiger partial charge is 0.235 e. The summed E-state index contributed by atoms with van der Waals surface area (Å²) < 4.78 is 0. The van der Waals surface area contributed by atoms with Gasteiger partial charge in [-0.1, -0.05) is 47.0 Å². The second kappa shape index (κ2) is 8.59. The van der Waals surface area contributed by atoms with Crippen molar-refractivity contribution in [3.8, 4) is 5.75 Å². The average Bonchev–Trinajstić information content (AvgIpc) is 2.79. The molecule has 1 saturated carbocycles. The van der Waals surface area contributed by atoms with Crippen LogP contribution in [0.1, 0.15) is 48.8 Å². The van der Waals surface area contributed by atoms with Crippen molar-refractivity contribution in [2.45, 2.75) is 56.4 Å². The van der Waals surface area contributed by atoms with Crippen LogP contribution in [0.3, 0.4) is 0 Å². The Kier molecular flexibility index (Phi) is 5.82. The number of phenols is 1. The molecule has 1 saturated heterocycles. The molecule has 5 rings (SSSR count). The van der Waals surface area contributed by atoms with Crippen LogP contribution in [0.25, 0.3) is 0 Å². The van der Waals surface area contributed by atoms with E-state index in [4.69, 9.17) is 0 Å². The van der Waals surface area contributed by atoms with Crippen LogP contribution in [0.5, 0.6) is 5.75 Å². The molecule has 4 nitrogen and oxygen atoms in total. The summed E-state index contributed by atoms with van der Waals surface area (Å²) in [5, 5.41) is 13.4.